The lowest BCUT2D eigenvalue weighted by Crippen LogP contribution is -2.27. The molecule has 2 saturated carbocycles. The van der Waals surface area contributed by atoms with Gasteiger partial charge >= 0.3 is 0 Å². The Balaban J connectivity index is 2.22. The minimum atomic E-state index is -0.0260. The molecule has 2 rings (SSSR count). The molecule has 0 amide bonds. The van der Waals surface area contributed by atoms with Crippen LogP contribution in [-0.4, -0.2) is 18.5 Å². The molecule has 0 aromatic rings. The van der Waals surface area contributed by atoms with Gasteiger partial charge in [0.05, 0.1) is 5.60 Å². The second-order valence-electron chi connectivity index (χ2n) is 3.47. The van der Waals surface area contributed by atoms with E-state index in [9.17, 15) is 4.79 Å². The van der Waals surface area contributed by atoms with Gasteiger partial charge in [0.2, 0.25) is 0 Å². The van der Waals surface area contributed by atoms with E-state index >= 15 is 0 Å². The van der Waals surface area contributed by atoms with Crippen LogP contribution >= 0.6 is 0 Å². The lowest BCUT2D eigenvalue weighted by Gasteiger charge is -2.23. The fourth-order valence-corrected chi connectivity index (χ4v) is 2.25. The summed E-state index contributed by atoms with van der Waals surface area (Å²) in [6.07, 6.45) is 3.82. The first-order valence-corrected chi connectivity index (χ1v) is 3.84. The maximum absolute atomic E-state index is 11.1. The molecule has 0 saturated heterocycles. The van der Waals surface area contributed by atoms with Crippen molar-refractivity contribution in [2.24, 2.45) is 5.92 Å². The van der Waals surface area contributed by atoms with Crippen LogP contribution in [0.25, 0.3) is 0 Å². The van der Waals surface area contributed by atoms with Crippen molar-refractivity contribution in [2.75, 3.05) is 7.11 Å². The van der Waals surface area contributed by atoms with Crippen LogP contribution in [0.2, 0.25) is 0 Å². The topological polar surface area (TPSA) is 26.3 Å². The molecule has 0 aliphatic heterocycles. The zero-order chi connectivity index (χ0) is 7.19. The third-order valence-corrected chi connectivity index (χ3v) is 2.95. The van der Waals surface area contributed by atoms with Crippen molar-refractivity contribution >= 4 is 5.78 Å². The highest BCUT2D eigenvalue weighted by molar-refractivity contribution is 5.85. The standard InChI is InChI=1S/C8H12O2/c1-10-8-3-2-6(4-8)7(9)5-8/h6H,2-5H2,1H3. The zero-order valence-corrected chi connectivity index (χ0v) is 6.22. The van der Waals surface area contributed by atoms with E-state index < -0.39 is 0 Å². The van der Waals surface area contributed by atoms with E-state index in [2.05, 4.69) is 0 Å². The van der Waals surface area contributed by atoms with Crippen molar-refractivity contribution in [3.05, 3.63) is 0 Å². The molecule has 0 spiro atoms. The lowest BCUT2D eigenvalue weighted by molar-refractivity contribution is -0.124. The fourth-order valence-electron chi connectivity index (χ4n) is 2.25. The highest BCUT2D eigenvalue weighted by atomic mass is 16.5. The monoisotopic (exact) mass is 140 g/mol. The zero-order valence-electron chi connectivity index (χ0n) is 6.22. The first-order chi connectivity index (χ1) is 4.76. The largest absolute Gasteiger partial charge is 0.378 e. The van der Waals surface area contributed by atoms with E-state index in [1.54, 1.807) is 7.11 Å². The Hall–Kier alpha value is -0.370. The van der Waals surface area contributed by atoms with Crippen LogP contribution in [0.4, 0.5) is 0 Å². The number of hydrogen-bond donors (Lipinski definition) is 0. The number of methoxy groups -OCH3 is 1. The number of ketones is 1. The summed E-state index contributed by atoms with van der Waals surface area (Å²) < 4.78 is 5.34. The van der Waals surface area contributed by atoms with Gasteiger partial charge in [-0.2, -0.15) is 0 Å². The minimum Gasteiger partial charge on any atom is -0.378 e. The van der Waals surface area contributed by atoms with E-state index in [-0.39, 0.29) is 5.60 Å². The minimum absolute atomic E-state index is 0.0260. The second kappa shape index (κ2) is 1.82. The molecule has 2 aliphatic rings. The van der Waals surface area contributed by atoms with Gasteiger partial charge in [-0.1, -0.05) is 0 Å². The van der Waals surface area contributed by atoms with Crippen LogP contribution in [0.5, 0.6) is 0 Å². The van der Waals surface area contributed by atoms with Crippen molar-refractivity contribution in [1.29, 1.82) is 0 Å². The van der Waals surface area contributed by atoms with Crippen LogP contribution in [0.15, 0.2) is 0 Å². The molecule has 2 aliphatic carbocycles. The Morgan fingerprint density at radius 3 is 2.80 bits per heavy atom. The quantitative estimate of drug-likeness (QED) is 0.546. The van der Waals surface area contributed by atoms with E-state index in [0.29, 0.717) is 18.1 Å². The molecule has 2 atom stereocenters. The number of carbonyl (C=O) groups excluding carboxylic acids is 1. The number of rotatable bonds is 1. The van der Waals surface area contributed by atoms with Crippen molar-refractivity contribution in [2.45, 2.75) is 31.3 Å². The maximum Gasteiger partial charge on any atom is 0.138 e. The van der Waals surface area contributed by atoms with Gasteiger partial charge in [-0.05, 0) is 19.3 Å². The predicted octanol–water partition coefficient (Wildman–Crippen LogP) is 1.14. The highest BCUT2D eigenvalue weighted by Crippen LogP contribution is 2.47. The Kier molecular flexibility index (Phi) is 1.15. The van der Waals surface area contributed by atoms with Crippen LogP contribution in [0.3, 0.4) is 0 Å². The normalized spacial score (nSPS) is 44.9. The Morgan fingerprint density at radius 2 is 2.50 bits per heavy atom. The van der Waals surface area contributed by atoms with Crippen LogP contribution in [0, 0.1) is 5.92 Å². The van der Waals surface area contributed by atoms with Gasteiger partial charge in [-0.3, -0.25) is 4.79 Å². The van der Waals surface area contributed by atoms with Crippen molar-refractivity contribution in [3.63, 3.8) is 0 Å². The summed E-state index contributed by atoms with van der Waals surface area (Å²) in [7, 11) is 1.72. The van der Waals surface area contributed by atoms with E-state index in [4.69, 9.17) is 4.74 Å². The van der Waals surface area contributed by atoms with Gasteiger partial charge in [0.15, 0.2) is 0 Å². The number of Topliss-reactive ketones (excluding diaryl/α,β-unsaturated/α-hetero) is 1. The third-order valence-electron chi connectivity index (χ3n) is 2.95. The lowest BCUT2D eigenvalue weighted by atomic mass is 9.96. The highest BCUT2D eigenvalue weighted by Gasteiger charge is 2.50. The van der Waals surface area contributed by atoms with Crippen molar-refractivity contribution in [1.82, 2.24) is 0 Å². The SMILES string of the molecule is COC12CCC(C1)C(=O)C2. The molecule has 2 heteroatoms. The molecule has 2 nitrogen and oxygen atoms in total. The van der Waals surface area contributed by atoms with E-state index in [1.165, 1.54) is 0 Å². The molecule has 0 heterocycles. The smallest absolute Gasteiger partial charge is 0.138 e. The summed E-state index contributed by atoms with van der Waals surface area (Å²) in [5.74, 6) is 0.771. The molecule has 2 fully saturated rings. The van der Waals surface area contributed by atoms with Gasteiger partial charge in [-0.15, -0.1) is 0 Å². The van der Waals surface area contributed by atoms with Crippen molar-refractivity contribution < 1.29 is 9.53 Å². The second-order valence-corrected chi connectivity index (χ2v) is 3.47. The maximum atomic E-state index is 11.1. The first-order valence-electron chi connectivity index (χ1n) is 3.84. The molecule has 2 unspecified atom stereocenters. The van der Waals surface area contributed by atoms with Crippen LogP contribution in [0.1, 0.15) is 25.7 Å². The summed E-state index contributed by atoms with van der Waals surface area (Å²) in [4.78, 5) is 11.1. The van der Waals surface area contributed by atoms with Gasteiger partial charge in [0.25, 0.3) is 0 Å². The number of fused-ring (bicyclic) bond motifs is 2. The van der Waals surface area contributed by atoms with Gasteiger partial charge in [-0.25, -0.2) is 0 Å². The van der Waals surface area contributed by atoms with Gasteiger partial charge < -0.3 is 4.74 Å². The number of carbonyl (C=O) groups is 1. The number of hydrogen-bond acceptors (Lipinski definition) is 2. The van der Waals surface area contributed by atoms with Gasteiger partial charge in [0.1, 0.15) is 5.78 Å². The van der Waals surface area contributed by atoms with E-state index in [0.717, 1.165) is 19.3 Å². The van der Waals surface area contributed by atoms with Gasteiger partial charge in [0, 0.05) is 19.4 Å². The molecule has 56 valence electrons. The molecule has 2 bridgehead atoms. The van der Waals surface area contributed by atoms with Crippen LogP contribution in [-0.2, 0) is 9.53 Å². The van der Waals surface area contributed by atoms with E-state index in [1.807, 2.05) is 0 Å². The fraction of sp³-hybridized carbons (Fsp3) is 0.875. The van der Waals surface area contributed by atoms with Crippen molar-refractivity contribution in [3.8, 4) is 0 Å². The Labute approximate surface area is 60.6 Å². The van der Waals surface area contributed by atoms with Crippen LogP contribution < -0.4 is 0 Å². The summed E-state index contributed by atoms with van der Waals surface area (Å²) in [5.41, 5.74) is -0.0260. The molecule has 0 aromatic heterocycles. The Morgan fingerprint density at radius 1 is 1.70 bits per heavy atom. The summed E-state index contributed by atoms with van der Waals surface area (Å²) in [6, 6.07) is 0. The summed E-state index contributed by atoms with van der Waals surface area (Å²) in [6.45, 7) is 0. The molecule has 10 heavy (non-hydrogen) atoms. The molecule has 0 aromatic carbocycles. The predicted molar refractivity (Wildman–Crippen MR) is 36.7 cm³/mol. The Bertz CT molecular complexity index is 176. The average molecular weight is 140 g/mol. The molecular weight excluding hydrogens is 128 g/mol. The summed E-state index contributed by atoms with van der Waals surface area (Å²) >= 11 is 0. The molecule has 0 N–H and O–H groups in total. The number of ether oxygens (including phenoxy) is 1. The average Bonchev–Trinajstić information content (AvgIpc) is 2.45. The third kappa shape index (κ3) is 0.655. The first kappa shape index (κ1) is 6.35. The molecular formula is C8H12O2. The summed E-state index contributed by atoms with van der Waals surface area (Å²) in [5, 5.41) is 0. The molecule has 0 radical (unpaired) electrons.